The molecule has 0 unspecified atom stereocenters. The number of nitrogens with zero attached hydrogens (tertiary/aromatic N) is 2. The number of carbonyl (C=O) groups excluding carboxylic acids is 4. The van der Waals surface area contributed by atoms with Gasteiger partial charge in [0, 0.05) is 39.3 Å². The largest absolute Gasteiger partial charge is 0.466 e. The molecule has 0 aliphatic rings. The Morgan fingerprint density at radius 3 is 0.731 bits per heavy atom. The molecule has 0 atom stereocenters. The topological polar surface area (TPSA) is 124 Å². The highest BCUT2D eigenvalue weighted by molar-refractivity contribution is 5.70. The van der Waals surface area contributed by atoms with Crippen LogP contribution in [0.2, 0.25) is 0 Å². The number of rotatable bonds is 65. The van der Waals surface area contributed by atoms with E-state index in [9.17, 15) is 19.2 Å². The second-order valence-corrected chi connectivity index (χ2v) is 23.1. The predicted octanol–water partition coefficient (Wildman–Crippen LogP) is 17.8. The summed E-state index contributed by atoms with van der Waals surface area (Å²) in [7, 11) is 0. The van der Waals surface area contributed by atoms with Crippen LogP contribution in [0.1, 0.15) is 329 Å². The van der Waals surface area contributed by atoms with Gasteiger partial charge in [-0.15, -0.1) is 0 Å². The summed E-state index contributed by atoms with van der Waals surface area (Å²) in [6.07, 6.45) is 54.2. The van der Waals surface area contributed by atoms with Gasteiger partial charge in [0.1, 0.15) is 0 Å². The van der Waals surface area contributed by atoms with Gasteiger partial charge in [-0.05, 0) is 51.6 Å². The summed E-state index contributed by atoms with van der Waals surface area (Å²) in [5, 5.41) is 3.44. The predicted molar refractivity (Wildman–Crippen MR) is 329 cm³/mol. The fourth-order valence-corrected chi connectivity index (χ4v) is 10.2. The Morgan fingerprint density at radius 2 is 0.462 bits per heavy atom. The van der Waals surface area contributed by atoms with E-state index in [-0.39, 0.29) is 23.9 Å². The number of ether oxygens (including phenoxy) is 4. The van der Waals surface area contributed by atoms with Crippen molar-refractivity contribution in [3.63, 3.8) is 0 Å². The molecule has 0 spiro atoms. The van der Waals surface area contributed by atoms with E-state index in [4.69, 9.17) is 18.9 Å². The van der Waals surface area contributed by atoms with Crippen molar-refractivity contribution in [3.05, 3.63) is 0 Å². The first kappa shape index (κ1) is 75.8. The summed E-state index contributed by atoms with van der Waals surface area (Å²) in [4.78, 5) is 55.6. The molecule has 0 heterocycles. The van der Waals surface area contributed by atoms with Crippen LogP contribution in [0.4, 0.5) is 0 Å². The van der Waals surface area contributed by atoms with Crippen molar-refractivity contribution in [2.75, 3.05) is 78.8 Å². The normalized spacial score (nSPS) is 11.5. The maximum absolute atomic E-state index is 12.9. The quantitative estimate of drug-likeness (QED) is 0.0356. The van der Waals surface area contributed by atoms with Gasteiger partial charge < -0.3 is 34.1 Å². The molecule has 0 amide bonds. The van der Waals surface area contributed by atoms with Crippen molar-refractivity contribution in [3.8, 4) is 0 Å². The number of hydrogen-bond donors (Lipinski definition) is 1. The van der Waals surface area contributed by atoms with E-state index in [1.807, 2.05) is 0 Å². The number of carbonyl (C=O) groups is 4. The third kappa shape index (κ3) is 59.9. The minimum Gasteiger partial charge on any atom is -0.466 e. The Bertz CT molecular complexity index is 1230. The van der Waals surface area contributed by atoms with E-state index < -0.39 is 0 Å². The summed E-state index contributed by atoms with van der Waals surface area (Å²) in [6.45, 7) is 16.5. The number of esters is 4. The lowest BCUT2D eigenvalue weighted by atomic mass is 10.1. The third-order valence-electron chi connectivity index (χ3n) is 15.5. The molecule has 0 saturated heterocycles. The van der Waals surface area contributed by atoms with Crippen molar-refractivity contribution in [2.24, 2.45) is 0 Å². The highest BCUT2D eigenvalue weighted by Crippen LogP contribution is 2.15. The van der Waals surface area contributed by atoms with Crippen molar-refractivity contribution in [1.82, 2.24) is 15.1 Å². The second kappa shape index (κ2) is 63.9. The lowest BCUT2D eigenvalue weighted by molar-refractivity contribution is -0.145. The molecule has 0 aliphatic heterocycles. The lowest BCUT2D eigenvalue weighted by Gasteiger charge is -2.23. The molecule has 0 bridgehead atoms. The van der Waals surface area contributed by atoms with E-state index in [0.717, 1.165) is 96.8 Å². The van der Waals surface area contributed by atoms with Crippen molar-refractivity contribution in [2.45, 2.75) is 329 Å². The Labute approximate surface area is 483 Å². The molecule has 0 aromatic rings. The van der Waals surface area contributed by atoms with Gasteiger partial charge in [0.25, 0.3) is 0 Å². The van der Waals surface area contributed by atoms with Crippen LogP contribution in [0.15, 0.2) is 0 Å². The van der Waals surface area contributed by atoms with Gasteiger partial charge in [-0.3, -0.25) is 19.2 Å². The maximum Gasteiger partial charge on any atom is 0.307 e. The molecule has 0 aromatic heterocycles. The van der Waals surface area contributed by atoms with Gasteiger partial charge in [-0.1, -0.05) is 265 Å². The zero-order chi connectivity index (χ0) is 56.7. The fourth-order valence-electron chi connectivity index (χ4n) is 10.2. The molecule has 0 aromatic carbocycles. The Hall–Kier alpha value is -2.24. The van der Waals surface area contributed by atoms with Crippen LogP contribution in [0, 0.1) is 0 Å². The van der Waals surface area contributed by atoms with Crippen LogP contribution in [0.5, 0.6) is 0 Å². The van der Waals surface area contributed by atoms with Crippen molar-refractivity contribution >= 4 is 23.9 Å². The minimum atomic E-state index is -0.160. The van der Waals surface area contributed by atoms with Crippen molar-refractivity contribution in [1.29, 1.82) is 0 Å². The van der Waals surface area contributed by atoms with Crippen LogP contribution >= 0.6 is 0 Å². The highest BCUT2D eigenvalue weighted by Gasteiger charge is 2.14. The zero-order valence-electron chi connectivity index (χ0n) is 52.4. The number of unbranched alkanes of at least 4 members (excludes halogenated alkanes) is 38. The third-order valence-corrected chi connectivity index (χ3v) is 15.5. The molecule has 0 rings (SSSR count). The number of hydrogen-bond acceptors (Lipinski definition) is 11. The fraction of sp³-hybridized carbons (Fsp3) is 0.940. The maximum atomic E-state index is 12.9. The summed E-state index contributed by atoms with van der Waals surface area (Å²) in [5.74, 6) is -0.593. The first-order chi connectivity index (χ1) is 38.4. The number of nitrogens with one attached hydrogen (secondary N) is 1. The molecular formula is C67H131N3O8. The van der Waals surface area contributed by atoms with E-state index in [1.165, 1.54) is 205 Å². The zero-order valence-corrected chi connectivity index (χ0v) is 52.4. The average Bonchev–Trinajstić information content (AvgIpc) is 3.43. The van der Waals surface area contributed by atoms with Crippen molar-refractivity contribution < 1.29 is 38.1 Å². The highest BCUT2D eigenvalue weighted by atomic mass is 16.5. The molecule has 0 fully saturated rings. The molecule has 1 N–H and O–H groups in total. The Balaban J connectivity index is 5.02. The molecular weight excluding hydrogens is 975 g/mol. The summed E-state index contributed by atoms with van der Waals surface area (Å²) < 4.78 is 22.5. The molecule has 11 heteroatoms. The Kier molecular flexibility index (Phi) is 62.1. The SMILES string of the molecule is CCCCCCCCCCCCOC(=O)CCNCCN(CCCCCN(CCC(=O)OCCCCCCCCCCCC)CCC(=O)OCCCCCCCCCCCC)CCC(=O)OCCCCCCCCCCCC. The molecule has 11 nitrogen and oxygen atoms in total. The Morgan fingerprint density at radius 1 is 0.244 bits per heavy atom. The van der Waals surface area contributed by atoms with E-state index in [1.54, 1.807) is 0 Å². The minimum absolute atomic E-state index is 0.131. The van der Waals surface area contributed by atoms with E-state index >= 15 is 0 Å². The van der Waals surface area contributed by atoms with Gasteiger partial charge in [0.05, 0.1) is 52.1 Å². The summed E-state index contributed by atoms with van der Waals surface area (Å²) in [5.41, 5.74) is 0. The molecule has 0 saturated carbocycles. The van der Waals surface area contributed by atoms with E-state index in [2.05, 4.69) is 42.8 Å². The van der Waals surface area contributed by atoms with Gasteiger partial charge in [-0.25, -0.2) is 0 Å². The summed E-state index contributed by atoms with van der Waals surface area (Å²) in [6, 6.07) is 0. The standard InChI is InChI=1S/C67H131N3O8/c1-5-9-13-17-21-25-29-33-37-44-60-75-64(71)48-52-68-53-59-70(58-51-67(74)78-63-47-40-36-32-28-24-20-16-12-8-4)55-43-41-42-54-69(56-49-65(72)76-61-45-38-34-30-26-22-18-14-10-6-2)57-50-66(73)77-62-46-39-35-31-27-23-19-15-11-7-3/h68H,5-63H2,1-4H3. The summed E-state index contributed by atoms with van der Waals surface area (Å²) >= 11 is 0. The van der Waals surface area contributed by atoms with Gasteiger partial charge >= 0.3 is 23.9 Å². The van der Waals surface area contributed by atoms with Crippen LogP contribution < -0.4 is 5.32 Å². The molecule has 78 heavy (non-hydrogen) atoms. The average molecular weight is 1110 g/mol. The van der Waals surface area contributed by atoms with Crippen LogP contribution in [-0.2, 0) is 38.1 Å². The molecule has 462 valence electrons. The van der Waals surface area contributed by atoms with Gasteiger partial charge in [0.15, 0.2) is 0 Å². The molecule has 0 radical (unpaired) electrons. The van der Waals surface area contributed by atoms with E-state index in [0.29, 0.717) is 78.3 Å². The first-order valence-electron chi connectivity index (χ1n) is 34.1. The van der Waals surface area contributed by atoms with Gasteiger partial charge in [0.2, 0.25) is 0 Å². The smallest absolute Gasteiger partial charge is 0.307 e. The lowest BCUT2D eigenvalue weighted by Crippen LogP contribution is -2.35. The van der Waals surface area contributed by atoms with Crippen LogP contribution in [-0.4, -0.2) is 112 Å². The van der Waals surface area contributed by atoms with Crippen LogP contribution in [0.3, 0.4) is 0 Å². The molecule has 0 aliphatic carbocycles. The van der Waals surface area contributed by atoms with Gasteiger partial charge in [-0.2, -0.15) is 0 Å². The first-order valence-corrected chi connectivity index (χ1v) is 34.1. The van der Waals surface area contributed by atoms with Crippen LogP contribution in [0.25, 0.3) is 0 Å². The second-order valence-electron chi connectivity index (χ2n) is 23.1. The monoisotopic (exact) mass is 1110 g/mol.